The summed E-state index contributed by atoms with van der Waals surface area (Å²) in [5.74, 6) is -4.17. The molecule has 11 heteroatoms. The van der Waals surface area contributed by atoms with Crippen LogP contribution in [0.4, 0.5) is 0 Å². The van der Waals surface area contributed by atoms with E-state index in [2.05, 4.69) is 0 Å². The van der Waals surface area contributed by atoms with E-state index >= 15 is 0 Å². The highest BCUT2D eigenvalue weighted by molar-refractivity contribution is 5.89. The molecule has 0 aromatic heterocycles. The maximum Gasteiger partial charge on any atom is 0.342 e. The molecule has 4 aliphatic rings. The van der Waals surface area contributed by atoms with Crippen molar-refractivity contribution in [1.29, 1.82) is 0 Å². The first-order valence-corrected chi connectivity index (χ1v) is 14.1. The summed E-state index contributed by atoms with van der Waals surface area (Å²) in [7, 11) is 0. The third-order valence-electron chi connectivity index (χ3n) is 9.08. The number of epoxide rings is 1. The van der Waals surface area contributed by atoms with E-state index in [-0.39, 0.29) is 12.8 Å². The van der Waals surface area contributed by atoms with Gasteiger partial charge < -0.3 is 28.4 Å². The van der Waals surface area contributed by atoms with Crippen LogP contribution in [0.25, 0.3) is 0 Å². The molecule has 2 saturated heterocycles. The average Bonchev–Trinajstić information content (AvgIpc) is 3.44. The number of rotatable bonds is 6. The van der Waals surface area contributed by atoms with Gasteiger partial charge in [0, 0.05) is 45.4 Å². The lowest BCUT2D eigenvalue weighted by Gasteiger charge is -2.56. The van der Waals surface area contributed by atoms with E-state index in [0.717, 1.165) is 0 Å². The third-order valence-corrected chi connectivity index (χ3v) is 9.08. The second kappa shape index (κ2) is 10.9. The minimum absolute atomic E-state index is 0.112. The molecule has 2 aliphatic heterocycles. The second-order valence-corrected chi connectivity index (χ2v) is 11.9. The number of esters is 5. The van der Waals surface area contributed by atoms with Gasteiger partial charge in [-0.05, 0) is 32.4 Å². The summed E-state index contributed by atoms with van der Waals surface area (Å²) < 4.78 is 35.8. The zero-order valence-electron chi connectivity index (χ0n) is 24.9. The minimum atomic E-state index is -1.43. The summed E-state index contributed by atoms with van der Waals surface area (Å²) in [6.45, 7) is 12.7. The molecule has 0 amide bonds. The van der Waals surface area contributed by atoms with E-state index in [0.29, 0.717) is 12.0 Å². The zero-order chi connectivity index (χ0) is 30.5. The quantitative estimate of drug-likeness (QED) is 0.261. The van der Waals surface area contributed by atoms with Gasteiger partial charge in [-0.1, -0.05) is 32.4 Å². The van der Waals surface area contributed by atoms with Crippen LogP contribution >= 0.6 is 0 Å². The van der Waals surface area contributed by atoms with Crippen LogP contribution in [-0.2, 0) is 52.4 Å². The molecular weight excluding hydrogens is 536 g/mol. The Labute approximate surface area is 239 Å². The fraction of sp³-hybridized carbons (Fsp3) is 0.700. The Bertz CT molecular complexity index is 1190. The number of carbonyl (C=O) groups is 5. The highest BCUT2D eigenvalue weighted by Crippen LogP contribution is 2.65. The number of hydrogen-bond donors (Lipinski definition) is 0. The molecule has 2 heterocycles. The zero-order valence-corrected chi connectivity index (χ0v) is 24.9. The number of fused-ring (bicyclic) bond motifs is 1. The summed E-state index contributed by atoms with van der Waals surface area (Å²) in [6.07, 6.45) is 1.29. The maximum atomic E-state index is 13.1. The topological polar surface area (TPSA) is 144 Å². The molecule has 3 fully saturated rings. The van der Waals surface area contributed by atoms with Gasteiger partial charge in [0.1, 0.15) is 24.4 Å². The molecule has 0 bridgehead atoms. The van der Waals surface area contributed by atoms with Crippen molar-refractivity contribution >= 4 is 29.8 Å². The monoisotopic (exact) mass is 576 g/mol. The smallest absolute Gasteiger partial charge is 0.342 e. The van der Waals surface area contributed by atoms with Gasteiger partial charge >= 0.3 is 29.8 Å². The van der Waals surface area contributed by atoms with Crippen LogP contribution in [0.1, 0.15) is 74.7 Å². The molecule has 0 unspecified atom stereocenters. The van der Waals surface area contributed by atoms with E-state index in [4.69, 9.17) is 28.4 Å². The molecule has 10 atom stereocenters. The van der Waals surface area contributed by atoms with E-state index in [1.807, 2.05) is 13.8 Å². The normalized spacial score (nSPS) is 43.0. The number of hydrogen-bond acceptors (Lipinski definition) is 11. The Morgan fingerprint density at radius 3 is 2.20 bits per heavy atom. The molecule has 2 aliphatic carbocycles. The van der Waals surface area contributed by atoms with Gasteiger partial charge in [0.15, 0.2) is 17.3 Å². The first-order valence-electron chi connectivity index (χ1n) is 14.1. The number of ether oxygens (including phenoxy) is 6. The predicted octanol–water partition coefficient (Wildman–Crippen LogP) is 3.12. The molecule has 1 spiro atoms. The van der Waals surface area contributed by atoms with Crippen molar-refractivity contribution < 1.29 is 52.4 Å². The largest absolute Gasteiger partial charge is 0.462 e. The van der Waals surface area contributed by atoms with Crippen molar-refractivity contribution in [2.24, 2.45) is 17.3 Å². The number of allylic oxidation sites excluding steroid dienone is 2. The van der Waals surface area contributed by atoms with Crippen molar-refractivity contribution in [1.82, 2.24) is 0 Å². The SMILES string of the molecule is CCCC(=O)O[C@H]1C[C@H](OC(C)=O)[C@@]2(C)[C@H]([C@H]1C)[C@H](OC(C)=O)[C@]13O[C@@]1(C)C(=O)O[C@H]3/C=C(C)\C=C\[C@@H]2OC(C)=O. The van der Waals surface area contributed by atoms with Gasteiger partial charge in [0.2, 0.25) is 0 Å². The van der Waals surface area contributed by atoms with Gasteiger partial charge in [-0.2, -0.15) is 0 Å². The summed E-state index contributed by atoms with van der Waals surface area (Å²) in [4.78, 5) is 63.5. The van der Waals surface area contributed by atoms with Crippen LogP contribution in [0.5, 0.6) is 0 Å². The minimum Gasteiger partial charge on any atom is -0.462 e. The van der Waals surface area contributed by atoms with Crippen molar-refractivity contribution in [2.45, 2.75) is 116 Å². The van der Waals surface area contributed by atoms with E-state index in [1.54, 1.807) is 39.0 Å². The molecule has 41 heavy (non-hydrogen) atoms. The van der Waals surface area contributed by atoms with Crippen LogP contribution in [0.3, 0.4) is 0 Å². The molecule has 1 saturated carbocycles. The Morgan fingerprint density at radius 2 is 1.63 bits per heavy atom. The molecule has 0 radical (unpaired) electrons. The van der Waals surface area contributed by atoms with Gasteiger partial charge in [-0.3, -0.25) is 19.2 Å². The molecule has 4 rings (SSSR count). The van der Waals surface area contributed by atoms with Gasteiger partial charge in [0.05, 0.1) is 5.41 Å². The molecule has 11 nitrogen and oxygen atoms in total. The van der Waals surface area contributed by atoms with E-state index < -0.39 is 88.8 Å². The van der Waals surface area contributed by atoms with Crippen LogP contribution < -0.4 is 0 Å². The van der Waals surface area contributed by atoms with Gasteiger partial charge in [0.25, 0.3) is 0 Å². The van der Waals surface area contributed by atoms with Gasteiger partial charge in [-0.25, -0.2) is 4.79 Å². The average molecular weight is 577 g/mol. The third kappa shape index (κ3) is 5.06. The summed E-state index contributed by atoms with van der Waals surface area (Å²) in [5.41, 5.74) is -3.42. The maximum absolute atomic E-state index is 13.1. The first kappa shape index (κ1) is 30.7. The number of carbonyl (C=O) groups excluding carboxylic acids is 5. The summed E-state index contributed by atoms with van der Waals surface area (Å²) in [6, 6.07) is 0. The van der Waals surface area contributed by atoms with Crippen LogP contribution in [0.15, 0.2) is 23.8 Å². The lowest BCUT2D eigenvalue weighted by Crippen LogP contribution is -2.66. The fourth-order valence-electron chi connectivity index (χ4n) is 7.13. The fourth-order valence-corrected chi connectivity index (χ4v) is 7.13. The Balaban J connectivity index is 2.00. The van der Waals surface area contributed by atoms with E-state index in [9.17, 15) is 24.0 Å². The summed E-state index contributed by atoms with van der Waals surface area (Å²) >= 11 is 0. The van der Waals surface area contributed by atoms with Gasteiger partial charge in [-0.15, -0.1) is 0 Å². The van der Waals surface area contributed by atoms with Crippen molar-refractivity contribution in [2.75, 3.05) is 0 Å². The van der Waals surface area contributed by atoms with Crippen LogP contribution in [0, 0.1) is 17.3 Å². The highest BCUT2D eigenvalue weighted by Gasteiger charge is 2.87. The van der Waals surface area contributed by atoms with Crippen molar-refractivity contribution in [3.05, 3.63) is 23.8 Å². The molecule has 0 aromatic rings. The van der Waals surface area contributed by atoms with E-state index in [1.165, 1.54) is 20.8 Å². The highest BCUT2D eigenvalue weighted by atomic mass is 16.7. The van der Waals surface area contributed by atoms with Crippen molar-refractivity contribution in [3.8, 4) is 0 Å². The Hall–Kier alpha value is -3.21. The van der Waals surface area contributed by atoms with Crippen LogP contribution in [-0.4, -0.2) is 71.6 Å². The second-order valence-electron chi connectivity index (χ2n) is 11.9. The lowest BCUT2D eigenvalue weighted by atomic mass is 9.53. The van der Waals surface area contributed by atoms with Crippen LogP contribution in [0.2, 0.25) is 0 Å². The molecule has 226 valence electrons. The molecule has 0 N–H and O–H groups in total. The Kier molecular flexibility index (Phi) is 8.16. The predicted molar refractivity (Wildman–Crippen MR) is 142 cm³/mol. The first-order chi connectivity index (χ1) is 19.1. The molecular formula is C30H40O11. The lowest BCUT2D eigenvalue weighted by molar-refractivity contribution is -0.228. The van der Waals surface area contributed by atoms with Crippen molar-refractivity contribution in [3.63, 3.8) is 0 Å². The summed E-state index contributed by atoms with van der Waals surface area (Å²) in [5, 5.41) is 0. The molecule has 0 aromatic carbocycles. The standard InChI is InChI=1S/C30H40O11/c1-9-10-24(34)39-20-14-22(37-18(5)32)28(7)21(36-17(4)31)12-11-15(2)13-23-30(29(8,41-30)27(35)40-23)26(38-19(6)33)25(28)16(20)3/h11-13,16,20-23,25-26H,9-10,14H2,1-8H3/b12-11+,15-13-/t16-,20-,21-,22-,23-,25+,26-,28-,29-,30-/m0/s1. The Morgan fingerprint density at radius 1 is 1.00 bits per heavy atom.